The first-order chi connectivity index (χ1) is 20.4. The van der Waals surface area contributed by atoms with E-state index in [0.29, 0.717) is 41.2 Å². The number of halogens is 3. The van der Waals surface area contributed by atoms with E-state index in [1.807, 2.05) is 6.92 Å². The second-order valence-corrected chi connectivity index (χ2v) is 9.57. The highest BCUT2D eigenvalue weighted by molar-refractivity contribution is 5.97. The number of alkyl halides is 3. The number of carbonyl (C=O) groups excluding carboxylic acids is 2. The van der Waals surface area contributed by atoms with E-state index in [-0.39, 0.29) is 13.0 Å². The number of carboxylic acids is 1. The Hall–Kier alpha value is -4.74. The van der Waals surface area contributed by atoms with Crippen LogP contribution < -0.4 is 24.8 Å². The van der Waals surface area contributed by atoms with Crippen LogP contribution in [-0.4, -0.2) is 50.0 Å². The quantitative estimate of drug-likeness (QED) is 0.203. The van der Waals surface area contributed by atoms with Crippen LogP contribution in [0.2, 0.25) is 0 Å². The highest BCUT2D eigenvalue weighted by atomic mass is 19.4. The molecule has 0 aromatic heterocycles. The van der Waals surface area contributed by atoms with Crippen molar-refractivity contribution in [3.63, 3.8) is 0 Å². The van der Waals surface area contributed by atoms with E-state index < -0.39 is 41.7 Å². The lowest BCUT2D eigenvalue weighted by atomic mass is 9.78. The maximum absolute atomic E-state index is 13.9. The van der Waals surface area contributed by atoms with Crippen molar-refractivity contribution in [3.8, 4) is 17.2 Å². The Balaban J connectivity index is 1.97. The van der Waals surface area contributed by atoms with Crippen molar-refractivity contribution in [1.82, 2.24) is 5.32 Å². The van der Waals surface area contributed by atoms with Gasteiger partial charge in [0.15, 0.2) is 11.5 Å². The Morgan fingerprint density at radius 2 is 1.51 bits per heavy atom. The minimum atomic E-state index is -4.86. The van der Waals surface area contributed by atoms with Gasteiger partial charge in [-0.2, -0.15) is 0 Å². The van der Waals surface area contributed by atoms with E-state index in [1.54, 1.807) is 42.5 Å². The van der Waals surface area contributed by atoms with Crippen molar-refractivity contribution < 1.29 is 46.9 Å². The molecule has 0 saturated heterocycles. The summed E-state index contributed by atoms with van der Waals surface area (Å²) < 4.78 is 52.9. The molecule has 43 heavy (non-hydrogen) atoms. The fourth-order valence-electron chi connectivity index (χ4n) is 4.68. The molecule has 0 aliphatic heterocycles. The summed E-state index contributed by atoms with van der Waals surface area (Å²) in [5.74, 6) is -2.71. The van der Waals surface area contributed by atoms with Gasteiger partial charge in [0, 0.05) is 23.9 Å². The molecule has 0 saturated carbocycles. The average Bonchev–Trinajstić information content (AvgIpc) is 2.96. The average molecular weight is 603 g/mol. The van der Waals surface area contributed by atoms with Gasteiger partial charge in [-0.1, -0.05) is 37.6 Å². The van der Waals surface area contributed by atoms with Gasteiger partial charge >= 0.3 is 12.3 Å². The van der Waals surface area contributed by atoms with Gasteiger partial charge in [0.05, 0.1) is 26.6 Å². The van der Waals surface area contributed by atoms with Gasteiger partial charge < -0.3 is 30.0 Å². The van der Waals surface area contributed by atoms with Crippen LogP contribution in [0.15, 0.2) is 66.7 Å². The summed E-state index contributed by atoms with van der Waals surface area (Å²) in [6, 6.07) is 16.6. The predicted octanol–water partition coefficient (Wildman–Crippen LogP) is 6.11. The minimum Gasteiger partial charge on any atom is -0.493 e. The Morgan fingerprint density at radius 3 is 2.07 bits per heavy atom. The normalized spacial score (nSPS) is 12.5. The zero-order valence-corrected chi connectivity index (χ0v) is 23.9. The molecular weight excluding hydrogens is 569 g/mol. The topological polar surface area (TPSA) is 123 Å². The van der Waals surface area contributed by atoms with Crippen molar-refractivity contribution in [2.24, 2.45) is 0 Å². The third-order valence-corrected chi connectivity index (χ3v) is 6.63. The number of aliphatic carboxylic acids is 1. The van der Waals surface area contributed by atoms with Crippen molar-refractivity contribution in [2.45, 2.75) is 44.4 Å². The molecule has 3 aromatic carbocycles. The molecule has 0 fully saturated rings. The number of anilines is 1. The number of ether oxygens (including phenoxy) is 3. The highest BCUT2D eigenvalue weighted by Gasteiger charge is 2.33. The minimum absolute atomic E-state index is 0.0270. The number of hydrogen-bond donors (Lipinski definition) is 3. The van der Waals surface area contributed by atoms with Crippen LogP contribution in [-0.2, 0) is 9.59 Å². The molecule has 0 spiro atoms. The zero-order chi connectivity index (χ0) is 31.6. The van der Waals surface area contributed by atoms with Gasteiger partial charge in [-0.15, -0.1) is 13.2 Å². The second kappa shape index (κ2) is 14.9. The maximum atomic E-state index is 13.9. The number of methoxy groups -OCH3 is 2. The molecule has 0 bridgehead atoms. The van der Waals surface area contributed by atoms with E-state index in [2.05, 4.69) is 15.4 Å². The molecule has 3 rings (SSSR count). The van der Waals surface area contributed by atoms with Crippen molar-refractivity contribution in [3.05, 3.63) is 83.4 Å². The van der Waals surface area contributed by atoms with Crippen LogP contribution in [0.5, 0.6) is 17.2 Å². The Kier molecular flexibility index (Phi) is 11.4. The van der Waals surface area contributed by atoms with Crippen LogP contribution in [0.4, 0.5) is 18.9 Å². The van der Waals surface area contributed by atoms with Crippen LogP contribution in [0.1, 0.15) is 59.5 Å². The summed E-state index contributed by atoms with van der Waals surface area (Å²) in [7, 11) is 2.95. The van der Waals surface area contributed by atoms with Crippen molar-refractivity contribution in [2.75, 3.05) is 26.1 Å². The summed E-state index contributed by atoms with van der Waals surface area (Å²) in [4.78, 5) is 37.1. The molecule has 2 amide bonds. The third-order valence-electron chi connectivity index (χ3n) is 6.63. The lowest BCUT2D eigenvalue weighted by molar-refractivity contribution is -0.274. The van der Waals surface area contributed by atoms with E-state index >= 15 is 0 Å². The standard InChI is InChI=1S/C31H33F3N2O7/c1-4-5-24(19-6-8-21(9-7-19)29(39)35-17-16-27(37)38)28(20-10-13-23(14-11-20)43-31(32,33)34)30(40)36-22-12-15-25(41-2)26(18-22)42-3/h6-15,18,24,28H,4-5,16-17H2,1-3H3,(H,35,39)(H,36,40)(H,37,38)/t24-,28+/m1/s1. The first kappa shape index (κ1) is 32.8. The molecule has 0 unspecified atom stereocenters. The van der Waals surface area contributed by atoms with Crippen molar-refractivity contribution in [1.29, 1.82) is 0 Å². The molecule has 0 aliphatic carbocycles. The molecule has 0 heterocycles. The maximum Gasteiger partial charge on any atom is 0.573 e. The second-order valence-electron chi connectivity index (χ2n) is 9.57. The van der Waals surface area contributed by atoms with Gasteiger partial charge in [-0.25, -0.2) is 0 Å². The number of nitrogens with one attached hydrogen (secondary N) is 2. The predicted molar refractivity (Wildman–Crippen MR) is 153 cm³/mol. The molecule has 0 radical (unpaired) electrons. The molecule has 2 atom stereocenters. The SMILES string of the molecule is CCC[C@H](c1ccc(C(=O)NCCC(=O)O)cc1)[C@@H](C(=O)Nc1ccc(OC)c(OC)c1)c1ccc(OC(F)(F)F)cc1. The number of carboxylic acid groups (broad SMARTS) is 1. The van der Waals surface area contributed by atoms with E-state index in [9.17, 15) is 27.6 Å². The van der Waals surface area contributed by atoms with Crippen molar-refractivity contribution >= 4 is 23.5 Å². The zero-order valence-electron chi connectivity index (χ0n) is 23.9. The number of rotatable bonds is 14. The van der Waals surface area contributed by atoms with E-state index in [0.717, 1.165) is 17.7 Å². The van der Waals surface area contributed by atoms with Crippen LogP contribution in [0, 0.1) is 0 Å². The molecule has 230 valence electrons. The number of hydrogen-bond acceptors (Lipinski definition) is 6. The Morgan fingerprint density at radius 1 is 0.884 bits per heavy atom. The summed E-state index contributed by atoms with van der Waals surface area (Å²) in [5, 5.41) is 14.2. The van der Waals surface area contributed by atoms with Gasteiger partial charge in [-0.05, 0) is 59.9 Å². The lowest BCUT2D eigenvalue weighted by Gasteiger charge is -2.28. The Bertz CT molecular complexity index is 1390. The molecule has 0 aliphatic rings. The largest absolute Gasteiger partial charge is 0.573 e. The summed E-state index contributed by atoms with van der Waals surface area (Å²) in [5.41, 5.74) is 1.92. The molecule has 3 N–H and O–H groups in total. The van der Waals surface area contributed by atoms with E-state index in [4.69, 9.17) is 14.6 Å². The highest BCUT2D eigenvalue weighted by Crippen LogP contribution is 2.39. The third kappa shape index (κ3) is 9.38. The monoisotopic (exact) mass is 602 g/mol. The van der Waals surface area contributed by atoms with Gasteiger partial charge in [0.1, 0.15) is 5.75 Å². The van der Waals surface area contributed by atoms with Crippen LogP contribution in [0.25, 0.3) is 0 Å². The fourth-order valence-corrected chi connectivity index (χ4v) is 4.68. The van der Waals surface area contributed by atoms with Crippen LogP contribution >= 0.6 is 0 Å². The number of carbonyl (C=O) groups is 3. The molecule has 12 heteroatoms. The van der Waals surface area contributed by atoms with E-state index in [1.165, 1.54) is 26.4 Å². The number of amides is 2. The smallest absolute Gasteiger partial charge is 0.493 e. The summed E-state index contributed by atoms with van der Waals surface area (Å²) in [6.45, 7) is 1.92. The summed E-state index contributed by atoms with van der Waals surface area (Å²) >= 11 is 0. The molecule has 9 nitrogen and oxygen atoms in total. The van der Waals surface area contributed by atoms with Crippen LogP contribution in [0.3, 0.4) is 0 Å². The van der Waals surface area contributed by atoms with Gasteiger partial charge in [0.2, 0.25) is 5.91 Å². The first-order valence-electron chi connectivity index (χ1n) is 13.4. The molecule has 3 aromatic rings. The fraction of sp³-hybridized carbons (Fsp3) is 0.323. The lowest BCUT2D eigenvalue weighted by Crippen LogP contribution is -2.27. The number of benzene rings is 3. The van der Waals surface area contributed by atoms with Gasteiger partial charge in [0.25, 0.3) is 5.91 Å². The summed E-state index contributed by atoms with van der Waals surface area (Å²) in [6.07, 6.45) is -3.86. The van der Waals surface area contributed by atoms with Gasteiger partial charge in [-0.3, -0.25) is 14.4 Å². The molecular formula is C31H33F3N2O7. The first-order valence-corrected chi connectivity index (χ1v) is 13.4. The Labute approximate surface area is 247 Å².